The van der Waals surface area contributed by atoms with E-state index in [1.54, 1.807) is 4.90 Å². The molecule has 2 amide bonds. The van der Waals surface area contributed by atoms with E-state index in [-0.39, 0.29) is 31.0 Å². The smallest absolute Gasteiger partial charge is 0.392 e. The molecule has 3 rings (SSSR count). The van der Waals surface area contributed by atoms with E-state index in [4.69, 9.17) is 0 Å². The Morgan fingerprint density at radius 3 is 2.00 bits per heavy atom. The van der Waals surface area contributed by atoms with E-state index in [0.29, 0.717) is 57.6 Å². The van der Waals surface area contributed by atoms with Crippen LogP contribution in [0.1, 0.15) is 40.7 Å². The minimum absolute atomic E-state index is 0.0215. The minimum atomic E-state index is -5.02. The number of nitrogens with zero attached hydrogens (tertiary/aromatic N) is 2. The molecule has 0 aliphatic carbocycles. The number of β-amino-alcohol motifs (C(OH)–C–C–N with tert-alkyl or cyclic N) is 1. The number of halogens is 6. The van der Waals surface area contributed by atoms with E-state index in [0.717, 1.165) is 0 Å². The molecule has 2 fully saturated rings. The van der Waals surface area contributed by atoms with E-state index >= 15 is 0 Å². The molecule has 2 heterocycles. The number of aliphatic hydroxyl groups is 1. The molecule has 0 radical (unpaired) electrons. The van der Waals surface area contributed by atoms with Gasteiger partial charge in [0.05, 0.1) is 23.8 Å². The van der Waals surface area contributed by atoms with Gasteiger partial charge in [0.25, 0.3) is 5.91 Å². The Morgan fingerprint density at radius 2 is 1.52 bits per heavy atom. The largest absolute Gasteiger partial charge is 0.416 e. The Bertz CT molecular complexity index is 834. The summed E-state index contributed by atoms with van der Waals surface area (Å²) < 4.78 is 77.9. The first-order valence-electron chi connectivity index (χ1n) is 10.6. The Morgan fingerprint density at radius 1 is 0.939 bits per heavy atom. The molecule has 6 nitrogen and oxygen atoms in total. The second-order valence-electron chi connectivity index (χ2n) is 8.51. The molecule has 33 heavy (non-hydrogen) atoms. The van der Waals surface area contributed by atoms with Gasteiger partial charge < -0.3 is 15.3 Å². The van der Waals surface area contributed by atoms with Crippen molar-refractivity contribution in [1.82, 2.24) is 15.1 Å². The number of aliphatic hydroxyl groups excluding tert-OH is 1. The molecular formula is C21H25F6N3O3. The van der Waals surface area contributed by atoms with E-state index in [9.17, 15) is 41.0 Å². The monoisotopic (exact) mass is 481 g/mol. The van der Waals surface area contributed by atoms with Gasteiger partial charge in [0.2, 0.25) is 5.91 Å². The topological polar surface area (TPSA) is 72.9 Å². The molecule has 2 N–H and O–H groups in total. The standard InChI is InChI=1S/C21H25F6N3O3/c22-20(23,24)15-7-14(8-16(9-15)21(25,26)27)19(33)28-10-13-1-5-30(6-2-13)18(32)12-29-4-3-17(31)11-29/h7-9,13,17,31H,1-6,10-12H2,(H,28,33). The molecule has 0 bridgehead atoms. The molecule has 1 unspecified atom stereocenters. The lowest BCUT2D eigenvalue weighted by Gasteiger charge is -2.33. The zero-order valence-electron chi connectivity index (χ0n) is 17.7. The average molecular weight is 481 g/mol. The van der Waals surface area contributed by atoms with Crippen molar-refractivity contribution in [2.75, 3.05) is 39.3 Å². The normalized spacial score (nSPS) is 20.8. The number of carbonyl (C=O) groups is 2. The number of benzene rings is 1. The molecule has 184 valence electrons. The van der Waals surface area contributed by atoms with Crippen molar-refractivity contribution in [1.29, 1.82) is 0 Å². The molecule has 2 aliphatic heterocycles. The number of nitrogens with one attached hydrogen (secondary N) is 1. The summed E-state index contributed by atoms with van der Waals surface area (Å²) in [5.74, 6) is -1.13. The number of likely N-dealkylation sites (tertiary alicyclic amines) is 2. The summed E-state index contributed by atoms with van der Waals surface area (Å²) in [6, 6.07) is 0.786. The Balaban J connectivity index is 1.53. The first-order valence-corrected chi connectivity index (χ1v) is 10.6. The van der Waals surface area contributed by atoms with Gasteiger partial charge in [-0.05, 0) is 43.4 Å². The molecule has 1 aromatic carbocycles. The minimum Gasteiger partial charge on any atom is -0.392 e. The first-order chi connectivity index (χ1) is 15.3. The summed E-state index contributed by atoms with van der Waals surface area (Å²) in [5.41, 5.74) is -3.79. The first kappa shape index (κ1) is 25.3. The van der Waals surface area contributed by atoms with Crippen molar-refractivity contribution in [3.63, 3.8) is 0 Å². The predicted molar refractivity (Wildman–Crippen MR) is 105 cm³/mol. The summed E-state index contributed by atoms with van der Waals surface area (Å²) in [4.78, 5) is 28.3. The van der Waals surface area contributed by atoms with Gasteiger partial charge in [0, 0.05) is 38.3 Å². The molecule has 12 heteroatoms. The van der Waals surface area contributed by atoms with Crippen LogP contribution in [0.4, 0.5) is 26.3 Å². The van der Waals surface area contributed by atoms with Gasteiger partial charge in [0.1, 0.15) is 0 Å². The van der Waals surface area contributed by atoms with Crippen LogP contribution in [-0.2, 0) is 17.1 Å². The summed E-state index contributed by atoms with van der Waals surface area (Å²) in [5, 5.41) is 12.0. The summed E-state index contributed by atoms with van der Waals surface area (Å²) in [6.07, 6.45) is -8.75. The number of alkyl halides is 6. The van der Waals surface area contributed by atoms with Crippen molar-refractivity contribution < 1.29 is 41.0 Å². The van der Waals surface area contributed by atoms with Gasteiger partial charge in [-0.1, -0.05) is 0 Å². The summed E-state index contributed by atoms with van der Waals surface area (Å²) in [6.45, 7) is 2.29. The molecule has 0 saturated carbocycles. The van der Waals surface area contributed by atoms with Crippen molar-refractivity contribution in [3.8, 4) is 0 Å². The third kappa shape index (κ3) is 6.83. The van der Waals surface area contributed by atoms with Crippen LogP contribution >= 0.6 is 0 Å². The van der Waals surface area contributed by atoms with Gasteiger partial charge in [-0.2, -0.15) is 26.3 Å². The van der Waals surface area contributed by atoms with Crippen molar-refractivity contribution >= 4 is 11.8 Å². The Kier molecular flexibility index (Phi) is 7.57. The van der Waals surface area contributed by atoms with Gasteiger partial charge >= 0.3 is 12.4 Å². The van der Waals surface area contributed by atoms with Crippen LogP contribution in [0.2, 0.25) is 0 Å². The Hall–Kier alpha value is -2.34. The SMILES string of the molecule is O=C(NCC1CCN(C(=O)CN2CCC(O)C2)CC1)c1cc(C(F)(F)F)cc(C(F)(F)F)c1. The second-order valence-corrected chi connectivity index (χ2v) is 8.51. The van der Waals surface area contributed by atoms with Gasteiger partial charge in [-0.3, -0.25) is 14.5 Å². The maximum absolute atomic E-state index is 13.0. The quantitative estimate of drug-likeness (QED) is 0.635. The summed E-state index contributed by atoms with van der Waals surface area (Å²) in [7, 11) is 0. The zero-order valence-corrected chi connectivity index (χ0v) is 17.7. The van der Waals surface area contributed by atoms with Crippen molar-refractivity contribution in [2.45, 2.75) is 37.7 Å². The molecular weight excluding hydrogens is 456 g/mol. The van der Waals surface area contributed by atoms with Gasteiger partial charge in [-0.15, -0.1) is 0 Å². The van der Waals surface area contributed by atoms with Gasteiger partial charge in [0.15, 0.2) is 0 Å². The fourth-order valence-corrected chi connectivity index (χ4v) is 4.06. The lowest BCUT2D eigenvalue weighted by atomic mass is 9.96. The third-order valence-electron chi connectivity index (χ3n) is 5.97. The molecule has 1 aromatic rings. The number of piperidine rings is 1. The zero-order chi connectivity index (χ0) is 24.4. The highest BCUT2D eigenvalue weighted by Gasteiger charge is 2.37. The van der Waals surface area contributed by atoms with E-state index < -0.39 is 41.1 Å². The lowest BCUT2D eigenvalue weighted by molar-refractivity contribution is -0.143. The third-order valence-corrected chi connectivity index (χ3v) is 5.97. The molecule has 0 spiro atoms. The fourth-order valence-electron chi connectivity index (χ4n) is 4.06. The lowest BCUT2D eigenvalue weighted by Crippen LogP contribution is -2.45. The van der Waals surface area contributed by atoms with Crippen LogP contribution in [0, 0.1) is 5.92 Å². The molecule has 2 aliphatic rings. The highest BCUT2D eigenvalue weighted by molar-refractivity contribution is 5.94. The number of rotatable bonds is 5. The van der Waals surface area contributed by atoms with Gasteiger partial charge in [-0.25, -0.2) is 0 Å². The van der Waals surface area contributed by atoms with E-state index in [1.807, 2.05) is 4.90 Å². The molecule has 0 aromatic heterocycles. The van der Waals surface area contributed by atoms with Crippen LogP contribution in [-0.4, -0.2) is 72.1 Å². The number of hydrogen-bond acceptors (Lipinski definition) is 4. The number of amides is 2. The summed E-state index contributed by atoms with van der Waals surface area (Å²) >= 11 is 0. The van der Waals surface area contributed by atoms with Crippen molar-refractivity contribution in [2.24, 2.45) is 5.92 Å². The maximum atomic E-state index is 13.0. The highest BCUT2D eigenvalue weighted by Crippen LogP contribution is 2.36. The molecule has 1 atom stereocenters. The fraction of sp³-hybridized carbons (Fsp3) is 0.619. The van der Waals surface area contributed by atoms with Crippen LogP contribution in [0.15, 0.2) is 18.2 Å². The van der Waals surface area contributed by atoms with Crippen LogP contribution < -0.4 is 5.32 Å². The van der Waals surface area contributed by atoms with Crippen LogP contribution in [0.5, 0.6) is 0 Å². The van der Waals surface area contributed by atoms with Crippen LogP contribution in [0.3, 0.4) is 0 Å². The van der Waals surface area contributed by atoms with E-state index in [1.165, 1.54) is 0 Å². The Labute approximate surface area is 186 Å². The second kappa shape index (κ2) is 9.88. The van der Waals surface area contributed by atoms with E-state index in [2.05, 4.69) is 5.32 Å². The predicted octanol–water partition coefficient (Wildman–Crippen LogP) is 2.76. The van der Waals surface area contributed by atoms with Crippen LogP contribution in [0.25, 0.3) is 0 Å². The highest BCUT2D eigenvalue weighted by atomic mass is 19.4. The maximum Gasteiger partial charge on any atom is 0.416 e. The molecule has 2 saturated heterocycles. The van der Waals surface area contributed by atoms with Crippen molar-refractivity contribution in [3.05, 3.63) is 34.9 Å². The number of hydrogen-bond donors (Lipinski definition) is 2. The number of carbonyl (C=O) groups excluding carboxylic acids is 2. The average Bonchev–Trinajstić information content (AvgIpc) is 3.15.